The number of ether oxygens (including phenoxy) is 1. The quantitative estimate of drug-likeness (QED) is 0.643. The van der Waals surface area contributed by atoms with E-state index in [2.05, 4.69) is 10.2 Å². The molecule has 1 rings (SSSR count). The molecular formula is C11H23FN2O. The van der Waals surface area contributed by atoms with Gasteiger partial charge in [-0.3, -0.25) is 0 Å². The van der Waals surface area contributed by atoms with Crippen LogP contribution in [0.2, 0.25) is 0 Å². The predicted octanol–water partition coefficient (Wildman–Crippen LogP) is 0.904. The van der Waals surface area contributed by atoms with Crippen molar-refractivity contribution in [3.8, 4) is 0 Å². The molecule has 3 nitrogen and oxygen atoms in total. The Morgan fingerprint density at radius 1 is 1.53 bits per heavy atom. The highest BCUT2D eigenvalue weighted by molar-refractivity contribution is 4.74. The standard InChI is InChI=1S/C11H23FN2O/c1-15-8-5-13-9-11-3-2-6-14(10-11)7-4-12/h11,13H,2-10H2,1H3. The topological polar surface area (TPSA) is 24.5 Å². The van der Waals surface area contributed by atoms with E-state index in [1.807, 2.05) is 0 Å². The Hall–Kier alpha value is -0.190. The molecule has 1 saturated heterocycles. The maximum absolute atomic E-state index is 12.2. The van der Waals surface area contributed by atoms with Crippen LogP contribution in [0.15, 0.2) is 0 Å². The SMILES string of the molecule is COCCNCC1CCCN(CCF)C1. The van der Waals surface area contributed by atoms with Gasteiger partial charge in [0.05, 0.1) is 6.61 Å². The number of halogens is 1. The van der Waals surface area contributed by atoms with Crippen LogP contribution in [0.3, 0.4) is 0 Å². The van der Waals surface area contributed by atoms with E-state index in [9.17, 15) is 4.39 Å². The van der Waals surface area contributed by atoms with Crippen LogP contribution in [0.1, 0.15) is 12.8 Å². The van der Waals surface area contributed by atoms with Crippen LogP contribution >= 0.6 is 0 Å². The molecule has 0 amide bonds. The van der Waals surface area contributed by atoms with Crippen molar-refractivity contribution in [3.63, 3.8) is 0 Å². The lowest BCUT2D eigenvalue weighted by Crippen LogP contribution is -2.40. The van der Waals surface area contributed by atoms with Gasteiger partial charge in [-0.15, -0.1) is 0 Å². The lowest BCUT2D eigenvalue weighted by molar-refractivity contribution is 0.156. The molecule has 4 heteroatoms. The number of piperidine rings is 1. The molecule has 15 heavy (non-hydrogen) atoms. The van der Waals surface area contributed by atoms with E-state index >= 15 is 0 Å². The van der Waals surface area contributed by atoms with Gasteiger partial charge in [0.2, 0.25) is 0 Å². The number of alkyl halides is 1. The largest absolute Gasteiger partial charge is 0.383 e. The van der Waals surface area contributed by atoms with Gasteiger partial charge in [0.1, 0.15) is 6.67 Å². The summed E-state index contributed by atoms with van der Waals surface area (Å²) >= 11 is 0. The molecule has 1 N–H and O–H groups in total. The van der Waals surface area contributed by atoms with Crippen molar-refractivity contribution < 1.29 is 9.13 Å². The Kier molecular flexibility index (Phi) is 6.88. The maximum atomic E-state index is 12.2. The van der Waals surface area contributed by atoms with Crippen molar-refractivity contribution in [1.82, 2.24) is 10.2 Å². The molecule has 0 aliphatic carbocycles. The molecule has 0 aromatic rings. The van der Waals surface area contributed by atoms with Crippen molar-refractivity contribution in [1.29, 1.82) is 0 Å². The van der Waals surface area contributed by atoms with Gasteiger partial charge in [0.25, 0.3) is 0 Å². The van der Waals surface area contributed by atoms with Crippen LogP contribution in [-0.4, -0.2) is 58.0 Å². The monoisotopic (exact) mass is 218 g/mol. The molecule has 1 fully saturated rings. The summed E-state index contributed by atoms with van der Waals surface area (Å²) in [6.07, 6.45) is 2.47. The molecule has 0 bridgehead atoms. The zero-order valence-corrected chi connectivity index (χ0v) is 9.67. The number of hydrogen-bond donors (Lipinski definition) is 1. The third-order valence-electron chi connectivity index (χ3n) is 2.92. The number of nitrogens with one attached hydrogen (secondary N) is 1. The van der Waals surface area contributed by atoms with Crippen molar-refractivity contribution in [3.05, 3.63) is 0 Å². The highest BCUT2D eigenvalue weighted by atomic mass is 19.1. The zero-order valence-electron chi connectivity index (χ0n) is 9.67. The zero-order chi connectivity index (χ0) is 10.9. The molecule has 1 atom stereocenters. The number of hydrogen-bond acceptors (Lipinski definition) is 3. The summed E-state index contributed by atoms with van der Waals surface area (Å²) in [4.78, 5) is 2.23. The molecule has 1 aliphatic heterocycles. The Morgan fingerprint density at radius 2 is 2.40 bits per heavy atom. The highest BCUT2D eigenvalue weighted by Gasteiger charge is 2.18. The first-order chi connectivity index (χ1) is 7.36. The van der Waals surface area contributed by atoms with Crippen LogP contribution in [-0.2, 0) is 4.74 Å². The van der Waals surface area contributed by atoms with E-state index in [0.29, 0.717) is 12.5 Å². The third kappa shape index (κ3) is 5.44. The van der Waals surface area contributed by atoms with Gasteiger partial charge in [0, 0.05) is 26.7 Å². The third-order valence-corrected chi connectivity index (χ3v) is 2.92. The number of nitrogens with zero attached hydrogens (tertiary/aromatic N) is 1. The summed E-state index contributed by atoms with van der Waals surface area (Å²) in [6.45, 7) is 5.21. The number of rotatable bonds is 7. The number of likely N-dealkylation sites (tertiary alicyclic amines) is 1. The number of methoxy groups -OCH3 is 1. The lowest BCUT2D eigenvalue weighted by Gasteiger charge is -2.32. The van der Waals surface area contributed by atoms with E-state index in [4.69, 9.17) is 4.74 Å². The molecule has 1 aliphatic rings. The van der Waals surface area contributed by atoms with E-state index in [0.717, 1.165) is 32.8 Å². The average molecular weight is 218 g/mol. The van der Waals surface area contributed by atoms with E-state index in [-0.39, 0.29) is 6.67 Å². The van der Waals surface area contributed by atoms with Crippen molar-refractivity contribution in [2.75, 3.05) is 53.1 Å². The molecular weight excluding hydrogens is 195 g/mol. The summed E-state index contributed by atoms with van der Waals surface area (Å²) in [5, 5.41) is 3.37. The minimum Gasteiger partial charge on any atom is -0.383 e. The first kappa shape index (κ1) is 12.9. The van der Waals surface area contributed by atoms with Gasteiger partial charge in [-0.2, -0.15) is 0 Å². The highest BCUT2D eigenvalue weighted by Crippen LogP contribution is 2.15. The normalized spacial score (nSPS) is 23.2. The van der Waals surface area contributed by atoms with Gasteiger partial charge in [-0.05, 0) is 31.8 Å². The fourth-order valence-electron chi connectivity index (χ4n) is 2.12. The molecule has 0 saturated carbocycles. The molecule has 90 valence electrons. The first-order valence-electron chi connectivity index (χ1n) is 5.84. The van der Waals surface area contributed by atoms with Gasteiger partial charge < -0.3 is 15.0 Å². The Bertz CT molecular complexity index is 156. The fourth-order valence-corrected chi connectivity index (χ4v) is 2.12. The van der Waals surface area contributed by atoms with Crippen molar-refractivity contribution in [2.45, 2.75) is 12.8 Å². The Balaban J connectivity index is 2.07. The second-order valence-electron chi connectivity index (χ2n) is 4.19. The van der Waals surface area contributed by atoms with Crippen LogP contribution < -0.4 is 5.32 Å². The molecule has 0 aromatic carbocycles. The van der Waals surface area contributed by atoms with E-state index in [1.165, 1.54) is 12.8 Å². The second kappa shape index (κ2) is 8.02. The van der Waals surface area contributed by atoms with Gasteiger partial charge in [-0.1, -0.05) is 0 Å². The van der Waals surface area contributed by atoms with Gasteiger partial charge in [-0.25, -0.2) is 4.39 Å². The van der Waals surface area contributed by atoms with Crippen molar-refractivity contribution in [2.24, 2.45) is 5.92 Å². The first-order valence-corrected chi connectivity index (χ1v) is 5.84. The minimum atomic E-state index is -0.218. The summed E-state index contributed by atoms with van der Waals surface area (Å²) in [6, 6.07) is 0. The van der Waals surface area contributed by atoms with Crippen LogP contribution in [0.4, 0.5) is 4.39 Å². The summed E-state index contributed by atoms with van der Waals surface area (Å²) in [7, 11) is 1.71. The fraction of sp³-hybridized carbons (Fsp3) is 1.00. The lowest BCUT2D eigenvalue weighted by atomic mass is 9.98. The summed E-state index contributed by atoms with van der Waals surface area (Å²) in [5.41, 5.74) is 0. The molecule has 0 radical (unpaired) electrons. The minimum absolute atomic E-state index is 0.218. The maximum Gasteiger partial charge on any atom is 0.102 e. The van der Waals surface area contributed by atoms with Crippen molar-refractivity contribution >= 4 is 0 Å². The average Bonchev–Trinajstić information content (AvgIpc) is 2.26. The van der Waals surface area contributed by atoms with Gasteiger partial charge >= 0.3 is 0 Å². The van der Waals surface area contributed by atoms with E-state index in [1.54, 1.807) is 7.11 Å². The summed E-state index contributed by atoms with van der Waals surface area (Å²) < 4.78 is 17.2. The smallest absolute Gasteiger partial charge is 0.102 e. The second-order valence-corrected chi connectivity index (χ2v) is 4.19. The predicted molar refractivity (Wildman–Crippen MR) is 59.9 cm³/mol. The Morgan fingerprint density at radius 3 is 3.13 bits per heavy atom. The van der Waals surface area contributed by atoms with E-state index < -0.39 is 0 Å². The van der Waals surface area contributed by atoms with Crippen LogP contribution in [0.5, 0.6) is 0 Å². The molecule has 1 heterocycles. The van der Waals surface area contributed by atoms with Crippen LogP contribution in [0.25, 0.3) is 0 Å². The molecule has 0 aromatic heterocycles. The molecule has 1 unspecified atom stereocenters. The Labute approximate surface area is 92.0 Å². The summed E-state index contributed by atoms with van der Waals surface area (Å²) in [5.74, 6) is 0.683. The van der Waals surface area contributed by atoms with Gasteiger partial charge in [0.15, 0.2) is 0 Å². The van der Waals surface area contributed by atoms with Crippen LogP contribution in [0, 0.1) is 5.92 Å². The molecule has 0 spiro atoms.